The molecule has 1 amide bonds. The summed E-state index contributed by atoms with van der Waals surface area (Å²) in [5.41, 5.74) is 2.99. The number of carbonyl (C=O) groups is 1. The van der Waals surface area contributed by atoms with Gasteiger partial charge in [0.1, 0.15) is 23.6 Å². The van der Waals surface area contributed by atoms with Crippen molar-refractivity contribution in [1.29, 1.82) is 0 Å². The number of piperidine rings is 2. The van der Waals surface area contributed by atoms with E-state index in [4.69, 9.17) is 20.8 Å². The lowest BCUT2D eigenvalue weighted by Gasteiger charge is -2.40. The second-order valence-corrected chi connectivity index (χ2v) is 12.3. The first-order chi connectivity index (χ1) is 19.9. The highest BCUT2D eigenvalue weighted by Crippen LogP contribution is 2.32. The van der Waals surface area contributed by atoms with Gasteiger partial charge in [0, 0.05) is 67.2 Å². The molecule has 2 aliphatic rings. The molecule has 3 N–H and O–H groups in total. The molecule has 41 heavy (non-hydrogen) atoms. The van der Waals surface area contributed by atoms with E-state index in [1.807, 2.05) is 42.5 Å². The van der Waals surface area contributed by atoms with Gasteiger partial charge in [-0.2, -0.15) is 0 Å². The summed E-state index contributed by atoms with van der Waals surface area (Å²) in [7, 11) is 0. The van der Waals surface area contributed by atoms with Crippen LogP contribution < -0.4 is 10.1 Å². The quantitative estimate of drug-likeness (QED) is 0.263. The molecule has 2 saturated heterocycles. The number of ether oxygens (including phenoxy) is 1. The van der Waals surface area contributed by atoms with E-state index in [9.17, 15) is 9.90 Å². The van der Waals surface area contributed by atoms with E-state index in [-0.39, 0.29) is 18.1 Å². The summed E-state index contributed by atoms with van der Waals surface area (Å²) in [6, 6.07) is 13.4. The second kappa shape index (κ2) is 12.1. The van der Waals surface area contributed by atoms with Crippen LogP contribution in [0.2, 0.25) is 5.02 Å². The summed E-state index contributed by atoms with van der Waals surface area (Å²) in [4.78, 5) is 21.4. The van der Waals surface area contributed by atoms with Gasteiger partial charge >= 0.3 is 0 Å². The molecule has 0 aliphatic carbocycles. The average molecular weight is 579 g/mol. The van der Waals surface area contributed by atoms with Crippen LogP contribution in [0, 0.1) is 11.8 Å². The van der Waals surface area contributed by atoms with E-state index < -0.39 is 0 Å². The van der Waals surface area contributed by atoms with E-state index >= 15 is 0 Å². The van der Waals surface area contributed by atoms with Crippen LogP contribution in [0.3, 0.4) is 0 Å². The van der Waals surface area contributed by atoms with Gasteiger partial charge in [0.2, 0.25) is 0 Å². The molecule has 4 aromatic rings. The fourth-order valence-corrected chi connectivity index (χ4v) is 6.73. The summed E-state index contributed by atoms with van der Waals surface area (Å²) < 4.78 is 11.8. The van der Waals surface area contributed by atoms with Gasteiger partial charge in [-0.25, -0.2) is 0 Å². The van der Waals surface area contributed by atoms with Crippen molar-refractivity contribution in [3.8, 4) is 5.75 Å². The minimum Gasteiger partial charge on any atom is -0.488 e. The monoisotopic (exact) mass is 578 g/mol. The summed E-state index contributed by atoms with van der Waals surface area (Å²) in [5, 5.41) is 15.8. The summed E-state index contributed by atoms with van der Waals surface area (Å²) in [5.74, 6) is 1.25. The molecule has 6 rings (SSSR count). The largest absolute Gasteiger partial charge is 0.488 e. The molecule has 2 fully saturated rings. The average Bonchev–Trinajstić information content (AvgIpc) is 3.60. The molecule has 0 saturated carbocycles. The fourth-order valence-electron chi connectivity index (χ4n) is 6.44. The van der Waals surface area contributed by atoms with Crippen molar-refractivity contribution in [2.75, 3.05) is 39.3 Å². The molecule has 2 aromatic carbocycles. The van der Waals surface area contributed by atoms with Crippen molar-refractivity contribution in [2.45, 2.75) is 45.4 Å². The first-order valence-electron chi connectivity index (χ1n) is 14.7. The standard InChI is InChI=1S/C32H39ClN4O4/c1-20-16-37(17-21(2)31(20)38)14-13-36-11-9-23(10-12-36)34-32(39)27-15-24-26(35-27)6-4-7-28(24)40-18-22-19-41-29-8-3-5-25(33)30(22)29/h3-8,15,19-21,23,31,35,38H,9-14,16-18H2,1-2H3,(H,34,39). The van der Waals surface area contributed by atoms with Crippen molar-refractivity contribution in [3.05, 3.63) is 65.0 Å². The van der Waals surface area contributed by atoms with Crippen molar-refractivity contribution >= 4 is 39.4 Å². The Morgan fingerprint density at radius 3 is 2.61 bits per heavy atom. The molecule has 0 spiro atoms. The van der Waals surface area contributed by atoms with Crippen molar-refractivity contribution in [3.63, 3.8) is 0 Å². The zero-order valence-corrected chi connectivity index (χ0v) is 24.5. The lowest BCUT2D eigenvalue weighted by Crippen LogP contribution is -2.50. The minimum absolute atomic E-state index is 0.0898. The third-order valence-electron chi connectivity index (χ3n) is 8.79. The lowest BCUT2D eigenvalue weighted by atomic mass is 9.88. The maximum atomic E-state index is 13.2. The number of carbonyl (C=O) groups excluding carboxylic acids is 1. The van der Waals surface area contributed by atoms with E-state index in [1.165, 1.54) is 0 Å². The Morgan fingerprint density at radius 1 is 1.10 bits per heavy atom. The van der Waals surface area contributed by atoms with Gasteiger partial charge in [-0.15, -0.1) is 0 Å². The zero-order valence-electron chi connectivity index (χ0n) is 23.7. The van der Waals surface area contributed by atoms with Gasteiger partial charge in [-0.1, -0.05) is 37.6 Å². The predicted octanol–water partition coefficient (Wildman–Crippen LogP) is 5.29. The lowest BCUT2D eigenvalue weighted by molar-refractivity contribution is -0.0109. The maximum Gasteiger partial charge on any atom is 0.267 e. The number of H-pyrrole nitrogens is 1. The number of furan rings is 1. The number of likely N-dealkylation sites (tertiary alicyclic amines) is 2. The fraction of sp³-hybridized carbons (Fsp3) is 0.469. The van der Waals surface area contributed by atoms with E-state index in [2.05, 4.69) is 33.9 Å². The molecule has 2 aromatic heterocycles. The van der Waals surface area contributed by atoms with Crippen molar-refractivity contribution in [2.24, 2.45) is 11.8 Å². The Balaban J connectivity index is 1.02. The van der Waals surface area contributed by atoms with E-state index in [0.717, 1.165) is 79.5 Å². The number of hydrogen-bond acceptors (Lipinski definition) is 6. The van der Waals surface area contributed by atoms with Gasteiger partial charge in [0.25, 0.3) is 5.91 Å². The van der Waals surface area contributed by atoms with Crippen LogP contribution >= 0.6 is 11.6 Å². The highest BCUT2D eigenvalue weighted by molar-refractivity contribution is 6.35. The first kappa shape index (κ1) is 28.1. The number of aliphatic hydroxyl groups excluding tert-OH is 1. The molecule has 8 nitrogen and oxygen atoms in total. The van der Waals surface area contributed by atoms with Crippen LogP contribution in [0.1, 0.15) is 42.7 Å². The highest BCUT2D eigenvalue weighted by Gasteiger charge is 2.30. The predicted molar refractivity (Wildman–Crippen MR) is 162 cm³/mol. The third-order valence-corrected chi connectivity index (χ3v) is 9.11. The molecule has 4 heterocycles. The number of aliphatic hydroxyl groups is 1. The number of aromatic amines is 1. The minimum atomic E-state index is -0.190. The Bertz CT molecular complexity index is 1500. The van der Waals surface area contributed by atoms with Crippen LogP contribution in [0.25, 0.3) is 21.9 Å². The number of aromatic nitrogens is 1. The molecule has 218 valence electrons. The summed E-state index contributed by atoms with van der Waals surface area (Å²) in [6.07, 6.45) is 3.36. The number of amides is 1. The van der Waals surface area contributed by atoms with Crippen LogP contribution in [0.5, 0.6) is 5.75 Å². The molecule has 2 unspecified atom stereocenters. The van der Waals surface area contributed by atoms with Gasteiger partial charge < -0.3 is 34.4 Å². The normalized spacial score (nSPS) is 22.9. The molecule has 0 bridgehead atoms. The van der Waals surface area contributed by atoms with Crippen molar-refractivity contribution in [1.82, 2.24) is 20.1 Å². The van der Waals surface area contributed by atoms with Gasteiger partial charge in [-0.05, 0) is 55.0 Å². The number of nitrogens with one attached hydrogen (secondary N) is 2. The van der Waals surface area contributed by atoms with Crippen LogP contribution in [-0.2, 0) is 6.61 Å². The molecule has 2 atom stereocenters. The third kappa shape index (κ3) is 6.11. The summed E-state index contributed by atoms with van der Waals surface area (Å²) in [6.45, 7) is 10.5. The molecular formula is C32H39ClN4O4. The highest BCUT2D eigenvalue weighted by atomic mass is 35.5. The van der Waals surface area contributed by atoms with Crippen LogP contribution in [-0.4, -0.2) is 77.2 Å². The molecular weight excluding hydrogens is 540 g/mol. The number of fused-ring (bicyclic) bond motifs is 2. The number of nitrogens with zero attached hydrogens (tertiary/aromatic N) is 2. The van der Waals surface area contributed by atoms with Gasteiger partial charge in [-0.3, -0.25) is 4.79 Å². The SMILES string of the molecule is CC1CN(CCN2CCC(NC(=O)c3cc4c(OCc5coc6cccc(Cl)c56)cccc4[nH]3)CC2)CC(C)C1O. The maximum absolute atomic E-state index is 13.2. The topological polar surface area (TPSA) is 94.0 Å². The number of rotatable bonds is 8. The van der Waals surface area contributed by atoms with Gasteiger partial charge in [0.15, 0.2) is 0 Å². The molecule has 2 aliphatic heterocycles. The second-order valence-electron chi connectivity index (χ2n) is 11.9. The summed E-state index contributed by atoms with van der Waals surface area (Å²) >= 11 is 6.39. The number of halogens is 1. The Labute approximate surface area is 245 Å². The first-order valence-corrected chi connectivity index (χ1v) is 15.1. The van der Waals surface area contributed by atoms with Crippen LogP contribution in [0.15, 0.2) is 53.1 Å². The Kier molecular flexibility index (Phi) is 8.26. The van der Waals surface area contributed by atoms with Gasteiger partial charge in [0.05, 0.1) is 17.4 Å². The van der Waals surface area contributed by atoms with Crippen molar-refractivity contribution < 1.29 is 19.1 Å². The molecule has 9 heteroatoms. The van der Waals surface area contributed by atoms with E-state index in [0.29, 0.717) is 34.9 Å². The smallest absolute Gasteiger partial charge is 0.267 e. The Morgan fingerprint density at radius 2 is 1.83 bits per heavy atom. The van der Waals surface area contributed by atoms with Crippen LogP contribution in [0.4, 0.5) is 0 Å². The zero-order chi connectivity index (χ0) is 28.5. The number of benzene rings is 2. The molecule has 0 radical (unpaired) electrons. The number of hydrogen-bond donors (Lipinski definition) is 3. The van der Waals surface area contributed by atoms with E-state index in [1.54, 1.807) is 6.26 Å². The Hall–Kier alpha value is -3.04.